The number of nitrogens with one attached hydrogen (secondary N) is 2. The maximum absolute atomic E-state index is 12.2. The summed E-state index contributed by atoms with van der Waals surface area (Å²) in [6.45, 7) is 4.69. The predicted octanol–water partition coefficient (Wildman–Crippen LogP) is 2.71. The quantitative estimate of drug-likeness (QED) is 0.759. The van der Waals surface area contributed by atoms with Gasteiger partial charge in [0, 0.05) is 25.2 Å². The fourth-order valence-corrected chi connectivity index (χ4v) is 1.93. The van der Waals surface area contributed by atoms with Crippen LogP contribution in [0.2, 0.25) is 0 Å². The van der Waals surface area contributed by atoms with Gasteiger partial charge in [-0.2, -0.15) is 0 Å². The molecule has 0 aliphatic carbocycles. The van der Waals surface area contributed by atoms with Gasteiger partial charge in [-0.05, 0) is 31.0 Å². The zero-order valence-corrected chi connectivity index (χ0v) is 13.1. The third-order valence-corrected chi connectivity index (χ3v) is 2.87. The molecular weight excluding hydrogens is 284 g/mol. The highest BCUT2D eigenvalue weighted by molar-refractivity contribution is 5.96. The summed E-state index contributed by atoms with van der Waals surface area (Å²) < 4.78 is 5.06. The molecule has 0 radical (unpaired) electrons. The number of amides is 2. The van der Waals surface area contributed by atoms with Crippen molar-refractivity contribution in [3.63, 3.8) is 0 Å². The van der Waals surface area contributed by atoms with Crippen LogP contribution in [0.4, 0.5) is 11.4 Å². The number of esters is 1. The van der Waals surface area contributed by atoms with Crippen LogP contribution in [0.1, 0.15) is 40.0 Å². The fraction of sp³-hybridized carbons (Fsp3) is 0.438. The Labute approximate surface area is 130 Å². The summed E-state index contributed by atoms with van der Waals surface area (Å²) in [6, 6.07) is 6.78. The van der Waals surface area contributed by atoms with Gasteiger partial charge in [0.1, 0.15) is 0 Å². The van der Waals surface area contributed by atoms with Gasteiger partial charge in [0.2, 0.25) is 5.91 Å². The summed E-state index contributed by atoms with van der Waals surface area (Å²) in [5.74, 6) is -1.05. The molecule has 1 aromatic carbocycles. The summed E-state index contributed by atoms with van der Waals surface area (Å²) in [4.78, 5) is 34.4. The van der Waals surface area contributed by atoms with Crippen LogP contribution in [-0.4, -0.2) is 23.9 Å². The molecular formula is C16H22N2O4. The van der Waals surface area contributed by atoms with Crippen LogP contribution >= 0.6 is 0 Å². The normalized spacial score (nSPS) is 11.4. The lowest BCUT2D eigenvalue weighted by Gasteiger charge is -2.16. The van der Waals surface area contributed by atoms with Gasteiger partial charge in [0.15, 0.2) is 6.10 Å². The lowest BCUT2D eigenvalue weighted by Crippen LogP contribution is -2.32. The topological polar surface area (TPSA) is 84.5 Å². The monoisotopic (exact) mass is 306 g/mol. The number of hydrogen-bond acceptors (Lipinski definition) is 4. The second-order valence-electron chi connectivity index (χ2n) is 4.99. The van der Waals surface area contributed by atoms with Crippen LogP contribution in [0.5, 0.6) is 0 Å². The third kappa shape index (κ3) is 6.39. The molecule has 6 heteroatoms. The van der Waals surface area contributed by atoms with E-state index >= 15 is 0 Å². The number of carbonyl (C=O) groups is 3. The molecule has 1 rings (SSSR count). The summed E-state index contributed by atoms with van der Waals surface area (Å²) >= 11 is 0. The highest BCUT2D eigenvalue weighted by Crippen LogP contribution is 2.16. The van der Waals surface area contributed by atoms with Crippen LogP contribution in [0.15, 0.2) is 24.3 Å². The van der Waals surface area contributed by atoms with Gasteiger partial charge in [-0.25, -0.2) is 0 Å². The third-order valence-electron chi connectivity index (χ3n) is 2.87. The van der Waals surface area contributed by atoms with E-state index < -0.39 is 12.1 Å². The Balaban J connectivity index is 2.75. The minimum Gasteiger partial charge on any atom is -0.452 e. The average Bonchev–Trinajstić information content (AvgIpc) is 2.42. The van der Waals surface area contributed by atoms with Crippen molar-refractivity contribution in [1.29, 1.82) is 0 Å². The Kier molecular flexibility index (Phi) is 7.08. The summed E-state index contributed by atoms with van der Waals surface area (Å²) in [6.07, 6.45) is 1.37. The highest BCUT2D eigenvalue weighted by Gasteiger charge is 2.21. The Morgan fingerprint density at radius 3 is 2.32 bits per heavy atom. The van der Waals surface area contributed by atoms with E-state index in [0.29, 0.717) is 17.8 Å². The molecule has 1 atom stereocenters. The van der Waals surface area contributed by atoms with Gasteiger partial charge in [-0.15, -0.1) is 0 Å². The molecule has 0 aliphatic rings. The first-order chi connectivity index (χ1) is 10.4. The van der Waals surface area contributed by atoms with E-state index in [9.17, 15) is 14.4 Å². The standard InChI is InChI=1S/C16H22N2O4/c1-4-5-9-15(22-12(3)20)16(21)18-14-8-6-7-13(10-14)17-11(2)19/h6-8,10,15H,4-5,9H2,1-3H3,(H,17,19)(H,18,21). The first-order valence-corrected chi connectivity index (χ1v) is 7.28. The van der Waals surface area contributed by atoms with Crippen molar-refractivity contribution < 1.29 is 19.1 Å². The van der Waals surface area contributed by atoms with E-state index in [1.54, 1.807) is 24.3 Å². The molecule has 22 heavy (non-hydrogen) atoms. The number of unbranched alkanes of at least 4 members (excludes halogenated alkanes) is 1. The van der Waals surface area contributed by atoms with Gasteiger partial charge in [-0.3, -0.25) is 14.4 Å². The second-order valence-corrected chi connectivity index (χ2v) is 4.99. The summed E-state index contributed by atoms with van der Waals surface area (Å²) in [7, 11) is 0. The van der Waals surface area contributed by atoms with Crippen LogP contribution in [0.25, 0.3) is 0 Å². The van der Waals surface area contributed by atoms with E-state index in [2.05, 4.69) is 10.6 Å². The van der Waals surface area contributed by atoms with Crippen molar-refractivity contribution >= 4 is 29.2 Å². The largest absolute Gasteiger partial charge is 0.452 e. The number of anilines is 2. The molecule has 6 nitrogen and oxygen atoms in total. The van der Waals surface area contributed by atoms with Gasteiger partial charge < -0.3 is 15.4 Å². The molecule has 2 amide bonds. The van der Waals surface area contributed by atoms with Gasteiger partial charge in [0.25, 0.3) is 5.91 Å². The van der Waals surface area contributed by atoms with E-state index in [1.165, 1.54) is 13.8 Å². The van der Waals surface area contributed by atoms with Gasteiger partial charge in [0.05, 0.1) is 0 Å². The van der Waals surface area contributed by atoms with Gasteiger partial charge >= 0.3 is 5.97 Å². The molecule has 0 heterocycles. The molecule has 1 aromatic rings. The second kappa shape index (κ2) is 8.81. The van der Waals surface area contributed by atoms with Crippen molar-refractivity contribution in [1.82, 2.24) is 0 Å². The molecule has 0 aromatic heterocycles. The van der Waals surface area contributed by atoms with Crippen LogP contribution in [0, 0.1) is 0 Å². The number of hydrogen-bond donors (Lipinski definition) is 2. The number of rotatable bonds is 7. The number of carbonyl (C=O) groups excluding carboxylic acids is 3. The average molecular weight is 306 g/mol. The van der Waals surface area contributed by atoms with Crippen molar-refractivity contribution in [2.45, 2.75) is 46.1 Å². The first kappa shape index (κ1) is 17.7. The lowest BCUT2D eigenvalue weighted by molar-refractivity contribution is -0.152. The van der Waals surface area contributed by atoms with Crippen LogP contribution < -0.4 is 10.6 Å². The fourth-order valence-electron chi connectivity index (χ4n) is 1.93. The summed E-state index contributed by atoms with van der Waals surface area (Å²) in [5, 5.41) is 5.34. The minimum absolute atomic E-state index is 0.191. The maximum atomic E-state index is 12.2. The van der Waals surface area contributed by atoms with Crippen LogP contribution in [-0.2, 0) is 19.1 Å². The molecule has 0 aliphatic heterocycles. The Bertz CT molecular complexity index is 543. The Hall–Kier alpha value is -2.37. The molecule has 0 bridgehead atoms. The first-order valence-electron chi connectivity index (χ1n) is 7.28. The molecule has 0 saturated carbocycles. The van der Waals surface area contributed by atoms with Crippen molar-refractivity contribution in [3.8, 4) is 0 Å². The molecule has 2 N–H and O–H groups in total. The van der Waals surface area contributed by atoms with Crippen molar-refractivity contribution in [3.05, 3.63) is 24.3 Å². The van der Waals surface area contributed by atoms with E-state index in [1.807, 2.05) is 6.92 Å². The molecule has 1 unspecified atom stereocenters. The highest BCUT2D eigenvalue weighted by atomic mass is 16.5. The molecule has 120 valence electrons. The zero-order valence-electron chi connectivity index (χ0n) is 13.1. The Morgan fingerprint density at radius 1 is 1.14 bits per heavy atom. The van der Waals surface area contributed by atoms with Crippen molar-refractivity contribution in [2.75, 3.05) is 10.6 Å². The smallest absolute Gasteiger partial charge is 0.303 e. The SMILES string of the molecule is CCCCC(OC(C)=O)C(=O)Nc1cccc(NC(C)=O)c1. The predicted molar refractivity (Wildman–Crippen MR) is 84.5 cm³/mol. The Morgan fingerprint density at radius 2 is 1.77 bits per heavy atom. The lowest BCUT2D eigenvalue weighted by atomic mass is 10.1. The molecule has 0 spiro atoms. The molecule has 0 fully saturated rings. The van der Waals surface area contributed by atoms with Gasteiger partial charge in [-0.1, -0.05) is 19.4 Å². The van der Waals surface area contributed by atoms with Crippen molar-refractivity contribution in [2.24, 2.45) is 0 Å². The molecule has 0 saturated heterocycles. The van der Waals surface area contributed by atoms with E-state index in [0.717, 1.165) is 12.8 Å². The number of benzene rings is 1. The number of ether oxygens (including phenoxy) is 1. The zero-order chi connectivity index (χ0) is 16.5. The minimum atomic E-state index is -0.804. The van der Waals surface area contributed by atoms with E-state index in [4.69, 9.17) is 4.74 Å². The summed E-state index contributed by atoms with van der Waals surface area (Å²) in [5.41, 5.74) is 1.12. The maximum Gasteiger partial charge on any atom is 0.303 e. The van der Waals surface area contributed by atoms with Crippen LogP contribution in [0.3, 0.4) is 0 Å². The van der Waals surface area contributed by atoms with E-state index in [-0.39, 0.29) is 11.8 Å².